The molecule has 94 valence electrons. The molecule has 0 unspecified atom stereocenters. The Morgan fingerprint density at radius 2 is 2.12 bits per heavy atom. The van der Waals surface area contributed by atoms with Gasteiger partial charge in [-0.2, -0.15) is 0 Å². The van der Waals surface area contributed by atoms with E-state index < -0.39 is 40.5 Å². The SMILES string of the molecule is NCc1cc([N+](=O)[O-])[nH]c(=O)c1OC(F)(F)F. The summed E-state index contributed by atoms with van der Waals surface area (Å²) in [5, 5.41) is 10.3. The number of pyridine rings is 1. The summed E-state index contributed by atoms with van der Waals surface area (Å²) in [6, 6.07) is 0.711. The number of H-pyrrole nitrogens is 1. The fourth-order valence-electron chi connectivity index (χ4n) is 1.06. The summed E-state index contributed by atoms with van der Waals surface area (Å²) < 4.78 is 39.3. The number of aromatic nitrogens is 1. The number of ether oxygens (including phenoxy) is 1. The smallest absolute Gasteiger partial charge is 0.397 e. The molecule has 0 saturated heterocycles. The molecule has 0 aliphatic heterocycles. The van der Waals surface area contributed by atoms with Gasteiger partial charge >= 0.3 is 17.7 Å². The predicted molar refractivity (Wildman–Crippen MR) is 48.3 cm³/mol. The molecule has 1 aromatic rings. The van der Waals surface area contributed by atoms with Gasteiger partial charge in [0.15, 0.2) is 0 Å². The Bertz CT molecular complexity index is 496. The molecule has 0 amide bonds. The Labute approximate surface area is 91.1 Å². The number of aromatic amines is 1. The van der Waals surface area contributed by atoms with E-state index in [9.17, 15) is 28.1 Å². The van der Waals surface area contributed by atoms with Crippen LogP contribution in [0, 0.1) is 10.1 Å². The fraction of sp³-hybridized carbons (Fsp3) is 0.286. The summed E-state index contributed by atoms with van der Waals surface area (Å²) in [5.74, 6) is -1.85. The topological polar surface area (TPSA) is 111 Å². The molecular weight excluding hydrogens is 247 g/mol. The van der Waals surface area contributed by atoms with Gasteiger partial charge in [-0.25, -0.2) is 9.78 Å². The third-order valence-electron chi connectivity index (χ3n) is 1.68. The first-order valence-corrected chi connectivity index (χ1v) is 4.11. The minimum Gasteiger partial charge on any atom is -0.397 e. The van der Waals surface area contributed by atoms with Crippen LogP contribution in [-0.2, 0) is 6.54 Å². The maximum absolute atomic E-state index is 11.9. The molecule has 3 N–H and O–H groups in total. The highest BCUT2D eigenvalue weighted by Crippen LogP contribution is 2.24. The minimum atomic E-state index is -5.08. The Hall–Kier alpha value is -2.10. The van der Waals surface area contributed by atoms with Gasteiger partial charge in [0.05, 0.1) is 0 Å². The molecule has 0 fully saturated rings. The summed E-state index contributed by atoms with van der Waals surface area (Å²) >= 11 is 0. The average molecular weight is 253 g/mol. The first kappa shape index (κ1) is 13.0. The molecule has 0 atom stereocenters. The van der Waals surface area contributed by atoms with E-state index in [1.807, 2.05) is 0 Å². The van der Waals surface area contributed by atoms with E-state index in [0.717, 1.165) is 0 Å². The summed E-state index contributed by atoms with van der Waals surface area (Å²) in [6.07, 6.45) is -5.08. The van der Waals surface area contributed by atoms with Crippen LogP contribution in [0.3, 0.4) is 0 Å². The van der Waals surface area contributed by atoms with Crippen LogP contribution in [0.5, 0.6) is 5.75 Å². The van der Waals surface area contributed by atoms with E-state index in [-0.39, 0.29) is 0 Å². The second kappa shape index (κ2) is 4.41. The van der Waals surface area contributed by atoms with Crippen molar-refractivity contribution in [3.05, 3.63) is 32.1 Å². The van der Waals surface area contributed by atoms with Gasteiger partial charge in [0.1, 0.15) is 0 Å². The summed E-state index contributed by atoms with van der Waals surface area (Å²) in [4.78, 5) is 22.2. The number of nitrogens with one attached hydrogen (secondary N) is 1. The Kier molecular flexibility index (Phi) is 3.36. The van der Waals surface area contributed by atoms with Crippen LogP contribution < -0.4 is 16.0 Å². The minimum absolute atomic E-state index is 0.405. The highest BCUT2D eigenvalue weighted by atomic mass is 19.4. The fourth-order valence-corrected chi connectivity index (χ4v) is 1.06. The number of nitrogens with zero attached hydrogens (tertiary/aromatic N) is 1. The lowest BCUT2D eigenvalue weighted by atomic mass is 10.2. The van der Waals surface area contributed by atoms with E-state index >= 15 is 0 Å². The summed E-state index contributed by atoms with van der Waals surface area (Å²) in [5.41, 5.74) is 3.32. The van der Waals surface area contributed by atoms with Crippen molar-refractivity contribution in [2.24, 2.45) is 5.73 Å². The molecule has 17 heavy (non-hydrogen) atoms. The molecular formula is C7H6F3N3O4. The van der Waals surface area contributed by atoms with E-state index in [1.54, 1.807) is 4.98 Å². The highest BCUT2D eigenvalue weighted by Gasteiger charge is 2.34. The molecule has 10 heteroatoms. The van der Waals surface area contributed by atoms with Gasteiger partial charge in [-0.15, -0.1) is 13.2 Å². The molecule has 1 rings (SSSR count). The van der Waals surface area contributed by atoms with Crippen LogP contribution in [0.1, 0.15) is 5.56 Å². The molecule has 1 aromatic heterocycles. The van der Waals surface area contributed by atoms with Crippen molar-refractivity contribution >= 4 is 5.82 Å². The van der Waals surface area contributed by atoms with Gasteiger partial charge in [-0.05, 0) is 4.92 Å². The van der Waals surface area contributed by atoms with E-state index in [4.69, 9.17) is 5.73 Å². The molecule has 0 aromatic carbocycles. The van der Waals surface area contributed by atoms with Crippen molar-refractivity contribution < 1.29 is 22.8 Å². The van der Waals surface area contributed by atoms with Crippen LogP contribution in [0.4, 0.5) is 19.0 Å². The second-order valence-electron chi connectivity index (χ2n) is 2.85. The number of nitrogens with two attached hydrogens (primary N) is 1. The van der Waals surface area contributed by atoms with Crippen molar-refractivity contribution in [3.8, 4) is 5.75 Å². The van der Waals surface area contributed by atoms with Crippen molar-refractivity contribution in [1.29, 1.82) is 0 Å². The van der Waals surface area contributed by atoms with Crippen molar-refractivity contribution in [3.63, 3.8) is 0 Å². The van der Waals surface area contributed by atoms with Crippen LogP contribution >= 0.6 is 0 Å². The zero-order chi connectivity index (χ0) is 13.2. The third kappa shape index (κ3) is 3.17. The number of hydrogen-bond donors (Lipinski definition) is 2. The van der Waals surface area contributed by atoms with Crippen LogP contribution in [0.2, 0.25) is 0 Å². The predicted octanol–water partition coefficient (Wildman–Crippen LogP) is 0.640. The number of hydrogen-bond acceptors (Lipinski definition) is 5. The van der Waals surface area contributed by atoms with Crippen molar-refractivity contribution in [2.45, 2.75) is 12.9 Å². The third-order valence-corrected chi connectivity index (χ3v) is 1.68. The van der Waals surface area contributed by atoms with Crippen LogP contribution in [0.15, 0.2) is 10.9 Å². The molecule has 7 nitrogen and oxygen atoms in total. The molecule has 0 saturated carbocycles. The molecule has 0 aliphatic rings. The van der Waals surface area contributed by atoms with Gasteiger partial charge in [0.25, 0.3) is 0 Å². The van der Waals surface area contributed by atoms with Gasteiger partial charge in [0.2, 0.25) is 5.75 Å². The Morgan fingerprint density at radius 1 is 1.53 bits per heavy atom. The standard InChI is InChI=1S/C7H6F3N3O4/c8-7(9,10)17-5-3(2-11)1-4(13(15)16)12-6(5)14/h1H,2,11H2,(H,12,14). The maximum Gasteiger partial charge on any atom is 0.573 e. The first-order chi connectivity index (χ1) is 7.74. The molecule has 1 heterocycles. The molecule has 0 radical (unpaired) electrons. The van der Waals surface area contributed by atoms with Crippen LogP contribution in [-0.4, -0.2) is 16.3 Å². The van der Waals surface area contributed by atoms with Crippen molar-refractivity contribution in [1.82, 2.24) is 4.98 Å². The van der Waals surface area contributed by atoms with Gasteiger partial charge in [0, 0.05) is 18.2 Å². The van der Waals surface area contributed by atoms with Gasteiger partial charge in [-0.3, -0.25) is 0 Å². The zero-order valence-corrected chi connectivity index (χ0v) is 8.08. The van der Waals surface area contributed by atoms with E-state index in [2.05, 4.69) is 4.74 Å². The Morgan fingerprint density at radius 3 is 2.53 bits per heavy atom. The lowest BCUT2D eigenvalue weighted by molar-refractivity contribution is -0.389. The lowest BCUT2D eigenvalue weighted by Gasteiger charge is -2.10. The molecule has 0 bridgehead atoms. The number of nitro groups is 1. The monoisotopic (exact) mass is 253 g/mol. The average Bonchev–Trinajstić information content (AvgIpc) is 2.18. The van der Waals surface area contributed by atoms with Crippen LogP contribution in [0.25, 0.3) is 0 Å². The molecule has 0 spiro atoms. The number of rotatable bonds is 3. The maximum atomic E-state index is 11.9. The second-order valence-corrected chi connectivity index (χ2v) is 2.85. The van der Waals surface area contributed by atoms with E-state index in [1.165, 1.54) is 0 Å². The zero-order valence-electron chi connectivity index (χ0n) is 8.08. The highest BCUT2D eigenvalue weighted by molar-refractivity contribution is 5.37. The number of alkyl halides is 3. The quantitative estimate of drug-likeness (QED) is 0.606. The number of halogens is 3. The van der Waals surface area contributed by atoms with E-state index in [0.29, 0.717) is 6.07 Å². The van der Waals surface area contributed by atoms with Crippen molar-refractivity contribution in [2.75, 3.05) is 0 Å². The van der Waals surface area contributed by atoms with Gasteiger partial charge < -0.3 is 20.6 Å². The first-order valence-electron chi connectivity index (χ1n) is 4.11. The lowest BCUT2D eigenvalue weighted by Crippen LogP contribution is -2.25. The Balaban J connectivity index is 3.32. The summed E-state index contributed by atoms with van der Waals surface area (Å²) in [6.45, 7) is -0.504. The normalized spacial score (nSPS) is 11.3. The van der Waals surface area contributed by atoms with Gasteiger partial charge in [-0.1, -0.05) is 0 Å². The molecule has 0 aliphatic carbocycles. The summed E-state index contributed by atoms with van der Waals surface area (Å²) in [7, 11) is 0. The largest absolute Gasteiger partial charge is 0.573 e.